The van der Waals surface area contributed by atoms with Gasteiger partial charge in [0.1, 0.15) is 0 Å². The van der Waals surface area contributed by atoms with Gasteiger partial charge in [-0.1, -0.05) is 53.4 Å². The second-order valence-corrected chi connectivity index (χ2v) is 7.02. The Labute approximate surface area is 115 Å². The third-order valence-corrected chi connectivity index (χ3v) is 4.79. The van der Waals surface area contributed by atoms with Crippen molar-refractivity contribution in [3.05, 3.63) is 0 Å². The fraction of sp³-hybridized carbons (Fsp3) is 1.00. The molecule has 0 bridgehead atoms. The zero-order valence-electron chi connectivity index (χ0n) is 13.2. The molecule has 0 amide bonds. The number of rotatable bonds is 8. The monoisotopic (exact) mass is 253 g/mol. The largest absolute Gasteiger partial charge is 0.314 e. The molecule has 0 saturated heterocycles. The van der Waals surface area contributed by atoms with Crippen molar-refractivity contribution in [3.8, 4) is 0 Å². The van der Waals surface area contributed by atoms with Gasteiger partial charge in [-0.3, -0.25) is 0 Å². The van der Waals surface area contributed by atoms with E-state index in [9.17, 15) is 0 Å². The molecule has 1 rings (SSSR count). The normalized spacial score (nSPS) is 22.0. The predicted molar refractivity (Wildman–Crippen MR) is 82.0 cm³/mol. The van der Waals surface area contributed by atoms with Crippen LogP contribution in [0, 0.1) is 11.3 Å². The highest BCUT2D eigenvalue weighted by molar-refractivity contribution is 4.85. The van der Waals surface area contributed by atoms with Crippen LogP contribution in [-0.4, -0.2) is 12.6 Å². The minimum atomic E-state index is 0.607. The Hall–Kier alpha value is -0.0400. The molecule has 0 aliphatic heterocycles. The molecule has 1 aliphatic rings. The molecule has 1 N–H and O–H groups in total. The number of unbranched alkanes of at least 4 members (excludes halogenated alkanes) is 3. The summed E-state index contributed by atoms with van der Waals surface area (Å²) in [4.78, 5) is 0. The predicted octanol–water partition coefficient (Wildman–Crippen LogP) is 5.15. The number of hydrogen-bond donors (Lipinski definition) is 1. The van der Waals surface area contributed by atoms with Crippen molar-refractivity contribution in [1.29, 1.82) is 0 Å². The average molecular weight is 253 g/mol. The van der Waals surface area contributed by atoms with Gasteiger partial charge in [0.2, 0.25) is 0 Å². The highest BCUT2D eigenvalue weighted by Gasteiger charge is 2.30. The van der Waals surface area contributed by atoms with Crippen LogP contribution in [0.5, 0.6) is 0 Å². The number of nitrogens with one attached hydrogen (secondary N) is 1. The Balaban J connectivity index is 2.32. The van der Waals surface area contributed by atoms with Crippen LogP contribution in [-0.2, 0) is 0 Å². The van der Waals surface area contributed by atoms with Gasteiger partial charge in [-0.05, 0) is 50.0 Å². The van der Waals surface area contributed by atoms with E-state index in [2.05, 4.69) is 33.0 Å². The second-order valence-electron chi connectivity index (χ2n) is 7.02. The van der Waals surface area contributed by atoms with E-state index in [-0.39, 0.29) is 0 Å². The van der Waals surface area contributed by atoms with Crippen molar-refractivity contribution in [2.24, 2.45) is 11.3 Å². The SMILES string of the molecule is CCCCCCC(NCC)C1CCC(C)(C)CC1. The van der Waals surface area contributed by atoms with E-state index < -0.39 is 0 Å². The van der Waals surface area contributed by atoms with Gasteiger partial charge in [0.15, 0.2) is 0 Å². The summed E-state index contributed by atoms with van der Waals surface area (Å²) in [5.74, 6) is 0.944. The van der Waals surface area contributed by atoms with E-state index in [4.69, 9.17) is 0 Å². The summed E-state index contributed by atoms with van der Waals surface area (Å²) < 4.78 is 0. The first-order valence-corrected chi connectivity index (χ1v) is 8.32. The van der Waals surface area contributed by atoms with Gasteiger partial charge in [-0.2, -0.15) is 0 Å². The first kappa shape index (κ1) is 16.0. The Bertz CT molecular complexity index is 200. The van der Waals surface area contributed by atoms with Gasteiger partial charge in [-0.25, -0.2) is 0 Å². The van der Waals surface area contributed by atoms with Crippen LogP contribution >= 0.6 is 0 Å². The van der Waals surface area contributed by atoms with Crippen LogP contribution in [0.15, 0.2) is 0 Å². The minimum Gasteiger partial charge on any atom is -0.314 e. The molecule has 1 heteroatoms. The molecule has 1 fully saturated rings. The molecule has 0 aromatic rings. The van der Waals surface area contributed by atoms with Gasteiger partial charge in [-0.15, -0.1) is 0 Å². The van der Waals surface area contributed by atoms with Crippen molar-refractivity contribution >= 4 is 0 Å². The van der Waals surface area contributed by atoms with Crippen molar-refractivity contribution in [3.63, 3.8) is 0 Å². The molecule has 1 saturated carbocycles. The van der Waals surface area contributed by atoms with Crippen LogP contribution < -0.4 is 5.32 Å². The molecular weight excluding hydrogens is 218 g/mol. The van der Waals surface area contributed by atoms with Crippen LogP contribution in [0.4, 0.5) is 0 Å². The molecule has 1 atom stereocenters. The van der Waals surface area contributed by atoms with E-state index in [0.717, 1.165) is 18.5 Å². The first-order valence-electron chi connectivity index (χ1n) is 8.32. The summed E-state index contributed by atoms with van der Waals surface area (Å²) >= 11 is 0. The van der Waals surface area contributed by atoms with Crippen LogP contribution in [0.3, 0.4) is 0 Å². The summed E-state index contributed by atoms with van der Waals surface area (Å²) in [6.45, 7) is 10.6. The van der Waals surface area contributed by atoms with Crippen LogP contribution in [0.1, 0.15) is 85.5 Å². The van der Waals surface area contributed by atoms with Gasteiger partial charge < -0.3 is 5.32 Å². The molecule has 0 radical (unpaired) electrons. The van der Waals surface area contributed by atoms with Gasteiger partial charge >= 0.3 is 0 Å². The Morgan fingerprint density at radius 1 is 1.06 bits per heavy atom. The van der Waals surface area contributed by atoms with E-state index in [0.29, 0.717) is 5.41 Å². The molecule has 1 unspecified atom stereocenters. The zero-order chi connectivity index (χ0) is 13.4. The van der Waals surface area contributed by atoms with Crippen molar-refractivity contribution in [1.82, 2.24) is 5.32 Å². The maximum absolute atomic E-state index is 3.76. The first-order chi connectivity index (χ1) is 8.59. The maximum atomic E-state index is 3.76. The molecule has 0 heterocycles. The molecule has 0 spiro atoms. The van der Waals surface area contributed by atoms with E-state index in [1.54, 1.807) is 0 Å². The lowest BCUT2D eigenvalue weighted by Crippen LogP contribution is -2.39. The third kappa shape index (κ3) is 5.73. The zero-order valence-corrected chi connectivity index (χ0v) is 13.2. The van der Waals surface area contributed by atoms with Crippen molar-refractivity contribution in [2.45, 2.75) is 91.5 Å². The molecule has 18 heavy (non-hydrogen) atoms. The van der Waals surface area contributed by atoms with Crippen LogP contribution in [0.25, 0.3) is 0 Å². The molecule has 108 valence electrons. The standard InChI is InChI=1S/C17H35N/c1-5-7-8-9-10-16(18-6-2)15-11-13-17(3,4)14-12-15/h15-16,18H,5-14H2,1-4H3. The Morgan fingerprint density at radius 2 is 1.72 bits per heavy atom. The number of hydrogen-bond acceptors (Lipinski definition) is 1. The average Bonchev–Trinajstić information content (AvgIpc) is 2.33. The quantitative estimate of drug-likeness (QED) is 0.590. The highest BCUT2D eigenvalue weighted by Crippen LogP contribution is 2.39. The van der Waals surface area contributed by atoms with Crippen molar-refractivity contribution in [2.75, 3.05) is 6.54 Å². The van der Waals surface area contributed by atoms with Gasteiger partial charge in [0, 0.05) is 6.04 Å². The molecular formula is C17H35N. The molecule has 1 aliphatic carbocycles. The van der Waals surface area contributed by atoms with Gasteiger partial charge in [0.25, 0.3) is 0 Å². The smallest absolute Gasteiger partial charge is 0.00952 e. The second kappa shape index (κ2) is 8.19. The highest BCUT2D eigenvalue weighted by atomic mass is 14.9. The summed E-state index contributed by atoms with van der Waals surface area (Å²) in [6.07, 6.45) is 12.8. The van der Waals surface area contributed by atoms with Crippen molar-refractivity contribution < 1.29 is 0 Å². The lowest BCUT2D eigenvalue weighted by Gasteiger charge is -2.38. The fourth-order valence-corrected chi connectivity index (χ4v) is 3.38. The summed E-state index contributed by atoms with van der Waals surface area (Å²) in [5.41, 5.74) is 0.607. The lowest BCUT2D eigenvalue weighted by molar-refractivity contribution is 0.157. The van der Waals surface area contributed by atoms with E-state index in [1.165, 1.54) is 57.8 Å². The summed E-state index contributed by atoms with van der Waals surface area (Å²) in [5, 5.41) is 3.76. The topological polar surface area (TPSA) is 12.0 Å². The Morgan fingerprint density at radius 3 is 2.28 bits per heavy atom. The molecule has 0 aromatic carbocycles. The third-order valence-electron chi connectivity index (χ3n) is 4.79. The van der Waals surface area contributed by atoms with E-state index >= 15 is 0 Å². The lowest BCUT2D eigenvalue weighted by atomic mass is 9.70. The summed E-state index contributed by atoms with van der Waals surface area (Å²) in [7, 11) is 0. The molecule has 1 nitrogen and oxygen atoms in total. The molecule has 0 aromatic heterocycles. The Kier molecular flexibility index (Phi) is 7.29. The summed E-state index contributed by atoms with van der Waals surface area (Å²) in [6, 6.07) is 0.794. The fourth-order valence-electron chi connectivity index (χ4n) is 3.38. The minimum absolute atomic E-state index is 0.607. The van der Waals surface area contributed by atoms with Crippen LogP contribution in [0.2, 0.25) is 0 Å². The maximum Gasteiger partial charge on any atom is 0.00952 e. The van der Waals surface area contributed by atoms with Gasteiger partial charge in [0.05, 0.1) is 0 Å². The van der Waals surface area contributed by atoms with E-state index in [1.807, 2.05) is 0 Å².